The molecule has 170 valence electrons. The molecule has 0 aliphatic carbocycles. The van der Waals surface area contributed by atoms with Gasteiger partial charge in [0, 0.05) is 47.6 Å². The maximum Gasteiger partial charge on any atom is 0.500 e. The van der Waals surface area contributed by atoms with Gasteiger partial charge in [-0.2, -0.15) is 0 Å². The third-order valence-electron chi connectivity index (χ3n) is 5.30. The Kier molecular flexibility index (Phi) is 17.0. The monoisotopic (exact) mass is 438 g/mol. The molecule has 0 unspecified atom stereocenters. The van der Waals surface area contributed by atoms with Crippen molar-refractivity contribution in [3.63, 3.8) is 0 Å². The smallest absolute Gasteiger partial charge is 0.386 e. The Morgan fingerprint density at radius 2 is 1.18 bits per heavy atom. The number of hydrogen-bond donors (Lipinski definition) is 1. The predicted molar refractivity (Wildman–Crippen MR) is 120 cm³/mol. The predicted octanol–water partition coefficient (Wildman–Crippen LogP) is 3.37. The molecule has 0 aromatic rings. The summed E-state index contributed by atoms with van der Waals surface area (Å²) >= 11 is 0. The van der Waals surface area contributed by atoms with Gasteiger partial charge in [-0.1, -0.05) is 26.7 Å². The molecule has 0 aromatic heterocycles. The number of rotatable bonds is 20. The van der Waals surface area contributed by atoms with Crippen LogP contribution in [-0.2, 0) is 22.1 Å². The Morgan fingerprint density at radius 1 is 0.643 bits per heavy atom. The van der Waals surface area contributed by atoms with Crippen LogP contribution in [0.25, 0.3) is 0 Å². The van der Waals surface area contributed by atoms with E-state index in [0.717, 1.165) is 64.0 Å². The normalized spacial score (nSPS) is 12.9. The van der Waals surface area contributed by atoms with Gasteiger partial charge in [0.25, 0.3) is 0 Å². The largest absolute Gasteiger partial charge is 0.500 e. The van der Waals surface area contributed by atoms with Crippen LogP contribution in [0, 0.1) is 0 Å². The van der Waals surface area contributed by atoms with E-state index < -0.39 is 17.5 Å². The summed E-state index contributed by atoms with van der Waals surface area (Å²) < 4.78 is 31.3. The molecule has 0 bridgehead atoms. The van der Waals surface area contributed by atoms with Gasteiger partial charge < -0.3 is 27.4 Å². The van der Waals surface area contributed by atoms with Crippen molar-refractivity contribution in [3.05, 3.63) is 0 Å². The molecule has 0 heterocycles. The van der Waals surface area contributed by atoms with Crippen LogP contribution in [0.2, 0.25) is 12.1 Å². The van der Waals surface area contributed by atoms with Gasteiger partial charge in [-0.3, -0.25) is 4.57 Å². The van der Waals surface area contributed by atoms with Crippen LogP contribution in [0.4, 0.5) is 0 Å². The lowest BCUT2D eigenvalue weighted by atomic mass is 10.3. The Bertz CT molecular complexity index is 351. The summed E-state index contributed by atoms with van der Waals surface area (Å²) in [7, 11) is 3.65. The van der Waals surface area contributed by atoms with Crippen molar-refractivity contribution in [2.24, 2.45) is 0 Å². The van der Waals surface area contributed by atoms with Crippen LogP contribution >= 0.6 is 0 Å². The SMILES string of the molecule is CCCCNCCC[Si](OC)(OC)N(CCCC)CCC[Si](OC)(OC)OC. The molecule has 0 amide bonds. The molecule has 0 saturated heterocycles. The van der Waals surface area contributed by atoms with Crippen LogP contribution in [0.15, 0.2) is 0 Å². The fourth-order valence-corrected chi connectivity index (χ4v) is 8.14. The molecule has 0 saturated carbocycles. The zero-order chi connectivity index (χ0) is 21.3. The van der Waals surface area contributed by atoms with Gasteiger partial charge in [0.05, 0.1) is 0 Å². The molecule has 0 spiro atoms. The van der Waals surface area contributed by atoms with Crippen molar-refractivity contribution in [2.45, 2.75) is 64.5 Å². The number of nitrogens with zero attached hydrogens (tertiary/aromatic N) is 1. The van der Waals surface area contributed by atoms with Gasteiger partial charge in [-0.05, 0) is 51.9 Å². The van der Waals surface area contributed by atoms with Crippen molar-refractivity contribution < 1.29 is 22.1 Å². The summed E-state index contributed by atoms with van der Waals surface area (Å²) in [6.07, 6.45) is 6.73. The van der Waals surface area contributed by atoms with E-state index in [0.29, 0.717) is 0 Å². The molecular weight excluding hydrogens is 392 g/mol. The molecule has 0 aliphatic rings. The van der Waals surface area contributed by atoms with Crippen LogP contribution in [0.1, 0.15) is 52.4 Å². The lowest BCUT2D eigenvalue weighted by molar-refractivity contribution is 0.120. The molecule has 0 radical (unpaired) electrons. The molecule has 0 fully saturated rings. The maximum atomic E-state index is 6.07. The summed E-state index contributed by atoms with van der Waals surface area (Å²) in [5.74, 6) is 0. The maximum absolute atomic E-state index is 6.07. The van der Waals surface area contributed by atoms with Crippen molar-refractivity contribution in [2.75, 3.05) is 61.7 Å². The molecule has 0 rings (SSSR count). The minimum Gasteiger partial charge on any atom is -0.386 e. The zero-order valence-electron chi connectivity index (χ0n) is 19.5. The first-order valence-electron chi connectivity index (χ1n) is 10.7. The first kappa shape index (κ1) is 28.2. The first-order valence-corrected chi connectivity index (χ1v) is 14.6. The van der Waals surface area contributed by atoms with Gasteiger partial charge in [-0.25, -0.2) is 0 Å². The zero-order valence-corrected chi connectivity index (χ0v) is 21.5. The van der Waals surface area contributed by atoms with Crippen molar-refractivity contribution in [3.8, 4) is 0 Å². The average molecular weight is 439 g/mol. The highest BCUT2D eigenvalue weighted by Crippen LogP contribution is 2.23. The Morgan fingerprint density at radius 3 is 1.68 bits per heavy atom. The van der Waals surface area contributed by atoms with E-state index in [4.69, 9.17) is 22.1 Å². The lowest BCUT2D eigenvalue weighted by Crippen LogP contribution is -2.58. The van der Waals surface area contributed by atoms with Crippen LogP contribution in [0.5, 0.6) is 0 Å². The second-order valence-corrected chi connectivity index (χ2v) is 13.5. The first-order chi connectivity index (χ1) is 13.5. The molecule has 0 aromatic carbocycles. The van der Waals surface area contributed by atoms with Gasteiger partial charge >= 0.3 is 17.5 Å². The minimum atomic E-state index is -2.54. The fraction of sp³-hybridized carbons (Fsp3) is 1.00. The van der Waals surface area contributed by atoms with Crippen LogP contribution in [-0.4, -0.2) is 83.8 Å². The third-order valence-corrected chi connectivity index (χ3v) is 11.8. The molecule has 1 N–H and O–H groups in total. The lowest BCUT2D eigenvalue weighted by Gasteiger charge is -2.38. The van der Waals surface area contributed by atoms with Crippen molar-refractivity contribution in [1.82, 2.24) is 9.88 Å². The highest BCUT2D eigenvalue weighted by molar-refractivity contribution is 6.64. The summed E-state index contributed by atoms with van der Waals surface area (Å²) in [5, 5.41) is 3.52. The number of unbranched alkanes of at least 4 members (excludes halogenated alkanes) is 2. The summed E-state index contributed by atoms with van der Waals surface area (Å²) in [4.78, 5) is 0. The molecule has 7 nitrogen and oxygen atoms in total. The summed E-state index contributed by atoms with van der Waals surface area (Å²) in [5.41, 5.74) is 0. The Labute approximate surface area is 176 Å². The van der Waals surface area contributed by atoms with E-state index in [2.05, 4.69) is 23.7 Å². The van der Waals surface area contributed by atoms with Gasteiger partial charge in [0.1, 0.15) is 0 Å². The Balaban J connectivity index is 4.89. The van der Waals surface area contributed by atoms with Crippen LogP contribution in [0.3, 0.4) is 0 Å². The molecule has 28 heavy (non-hydrogen) atoms. The van der Waals surface area contributed by atoms with Gasteiger partial charge in [0.2, 0.25) is 0 Å². The molecule has 0 atom stereocenters. The Hall–Kier alpha value is 0.154. The topological polar surface area (TPSA) is 61.4 Å². The second kappa shape index (κ2) is 16.9. The molecule has 9 heteroatoms. The fourth-order valence-electron chi connectivity index (χ4n) is 3.41. The molecular formula is C19H46N2O5Si2. The highest BCUT2D eigenvalue weighted by atomic mass is 28.4. The van der Waals surface area contributed by atoms with E-state index in [1.54, 1.807) is 35.5 Å². The van der Waals surface area contributed by atoms with Crippen molar-refractivity contribution >= 4 is 17.5 Å². The van der Waals surface area contributed by atoms with Crippen LogP contribution < -0.4 is 5.32 Å². The van der Waals surface area contributed by atoms with Gasteiger partial charge in [-0.15, -0.1) is 0 Å². The quantitative estimate of drug-likeness (QED) is 0.231. The van der Waals surface area contributed by atoms with E-state index in [1.807, 2.05) is 0 Å². The third kappa shape index (κ3) is 9.77. The van der Waals surface area contributed by atoms with E-state index >= 15 is 0 Å². The second-order valence-electron chi connectivity index (χ2n) is 7.07. The van der Waals surface area contributed by atoms with E-state index in [9.17, 15) is 0 Å². The number of hydrogen-bond acceptors (Lipinski definition) is 7. The van der Waals surface area contributed by atoms with E-state index in [1.165, 1.54) is 12.8 Å². The summed E-state index contributed by atoms with van der Waals surface area (Å²) in [6.45, 7) is 8.43. The van der Waals surface area contributed by atoms with E-state index in [-0.39, 0.29) is 0 Å². The average Bonchev–Trinajstić information content (AvgIpc) is 2.74. The number of nitrogens with one attached hydrogen (secondary N) is 1. The van der Waals surface area contributed by atoms with Gasteiger partial charge in [0.15, 0.2) is 0 Å². The molecule has 0 aliphatic heterocycles. The minimum absolute atomic E-state index is 0.787. The standard InChI is InChI=1S/C19H46N2O5Si2/c1-8-10-14-20-15-12-18-27(22-3,23-4)21(16-11-9-2)17-13-19-28(24-5,25-6)26-7/h20H,8-19H2,1-7H3. The van der Waals surface area contributed by atoms with Crippen molar-refractivity contribution in [1.29, 1.82) is 0 Å². The highest BCUT2D eigenvalue weighted by Gasteiger charge is 2.43. The summed E-state index contributed by atoms with van der Waals surface area (Å²) in [6, 6.07) is 1.75.